The van der Waals surface area contributed by atoms with E-state index < -0.39 is 0 Å². The molecule has 0 amide bonds. The van der Waals surface area contributed by atoms with Gasteiger partial charge in [-0.1, -0.05) is 79.1 Å². The van der Waals surface area contributed by atoms with Gasteiger partial charge in [-0.15, -0.1) is 0 Å². The first-order chi connectivity index (χ1) is 12.0. The van der Waals surface area contributed by atoms with Gasteiger partial charge in [-0.25, -0.2) is 0 Å². The van der Waals surface area contributed by atoms with Crippen LogP contribution in [-0.2, 0) is 10.6 Å². The van der Waals surface area contributed by atoms with Gasteiger partial charge in [0.15, 0.2) is 0 Å². The first-order valence-electron chi connectivity index (χ1n) is 9.38. The number of phenols is 1. The molecule has 2 atom stereocenters. The van der Waals surface area contributed by atoms with Crippen molar-refractivity contribution in [3.63, 3.8) is 0 Å². The Balaban J connectivity index is 2.59. The van der Waals surface area contributed by atoms with Gasteiger partial charge in [0, 0.05) is 30.5 Å². The van der Waals surface area contributed by atoms with E-state index in [-0.39, 0.29) is 10.6 Å². The zero-order valence-corrected chi connectivity index (χ0v) is 18.6. The lowest BCUT2D eigenvalue weighted by Crippen LogP contribution is -2.23. The molecule has 0 spiro atoms. The minimum absolute atomic E-state index is 0.0792. The van der Waals surface area contributed by atoms with Gasteiger partial charge in [0.25, 0.3) is 0 Å². The van der Waals surface area contributed by atoms with E-state index >= 15 is 0 Å². The van der Waals surface area contributed by atoms with Crippen molar-refractivity contribution in [3.05, 3.63) is 53.1 Å². The Morgan fingerprint density at radius 1 is 1.00 bits per heavy atom. The largest absolute Gasteiger partial charge is 0.507 e. The van der Waals surface area contributed by atoms with Crippen molar-refractivity contribution in [1.82, 2.24) is 0 Å². The number of aryl methyl sites for hydroxylation is 1. The number of benzene rings is 2. The van der Waals surface area contributed by atoms with Crippen LogP contribution in [0.2, 0.25) is 0 Å². The molecule has 0 saturated carbocycles. The van der Waals surface area contributed by atoms with Crippen LogP contribution in [0.15, 0.2) is 36.4 Å². The maximum absolute atomic E-state index is 11.2. The van der Waals surface area contributed by atoms with E-state index in [0.717, 1.165) is 17.5 Å². The average Bonchev–Trinajstić information content (AvgIpc) is 2.55. The molecule has 2 nitrogen and oxygen atoms in total. The number of para-hydroxylation sites is 1. The zero-order valence-electron chi connectivity index (χ0n) is 17.6. The van der Waals surface area contributed by atoms with Crippen molar-refractivity contribution in [3.8, 4) is 5.75 Å². The summed E-state index contributed by atoms with van der Waals surface area (Å²) in [5.74, 6) is 0.474. The fourth-order valence-electron chi connectivity index (χ4n) is 3.38. The normalized spacial score (nSPS) is 14.6. The van der Waals surface area contributed by atoms with Crippen molar-refractivity contribution in [2.75, 3.05) is 19.0 Å². The minimum atomic E-state index is -0.0950. The molecule has 0 aliphatic heterocycles. The molecule has 0 aromatic heterocycles. The summed E-state index contributed by atoms with van der Waals surface area (Å²) in [5.41, 5.74) is 4.51. The Hall–Kier alpha value is -1.53. The van der Waals surface area contributed by atoms with Crippen molar-refractivity contribution in [1.29, 1.82) is 0 Å². The molecule has 2 aromatic carbocycles. The second-order valence-corrected chi connectivity index (χ2v) is 10.6. The second kappa shape index (κ2) is 7.61. The quantitative estimate of drug-likeness (QED) is 0.682. The van der Waals surface area contributed by atoms with Gasteiger partial charge in [0.2, 0.25) is 0 Å². The molecule has 0 radical (unpaired) electrons. The Labute approximate surface area is 161 Å². The maximum atomic E-state index is 11.2. The Morgan fingerprint density at radius 3 is 2.12 bits per heavy atom. The fraction of sp³-hybridized carbons (Fsp3) is 0.478. The van der Waals surface area contributed by atoms with Crippen LogP contribution in [0.3, 0.4) is 0 Å². The maximum Gasteiger partial charge on any atom is 0.123 e. The van der Waals surface area contributed by atoms with Crippen molar-refractivity contribution < 1.29 is 5.11 Å². The topological polar surface area (TPSA) is 23.5 Å². The summed E-state index contributed by atoms with van der Waals surface area (Å²) in [6.45, 7) is 13.1. The highest BCUT2D eigenvalue weighted by Crippen LogP contribution is 2.50. The molecule has 0 fully saturated rings. The van der Waals surface area contributed by atoms with E-state index in [2.05, 4.69) is 96.9 Å². The number of anilines is 1. The first-order valence-corrected chi connectivity index (χ1v) is 10.4. The number of phenolic OH excluding ortho intramolecular Hbond substituents is 1. The van der Waals surface area contributed by atoms with Crippen LogP contribution >= 0.6 is 8.58 Å². The summed E-state index contributed by atoms with van der Waals surface area (Å²) >= 11 is 0. The van der Waals surface area contributed by atoms with Crippen LogP contribution in [0.1, 0.15) is 57.7 Å². The van der Waals surface area contributed by atoms with Gasteiger partial charge in [0.1, 0.15) is 5.75 Å². The van der Waals surface area contributed by atoms with E-state index in [4.69, 9.17) is 0 Å². The number of hydrogen-bond acceptors (Lipinski definition) is 2. The zero-order chi connectivity index (χ0) is 19.7. The van der Waals surface area contributed by atoms with Gasteiger partial charge in [0.05, 0.1) is 0 Å². The van der Waals surface area contributed by atoms with E-state index in [1.807, 2.05) is 0 Å². The first kappa shape index (κ1) is 20.8. The van der Waals surface area contributed by atoms with E-state index in [0.29, 0.717) is 14.3 Å². The lowest BCUT2D eigenvalue weighted by Gasteiger charge is -2.34. The minimum Gasteiger partial charge on any atom is -0.507 e. The Morgan fingerprint density at radius 2 is 1.58 bits per heavy atom. The molecule has 0 heterocycles. The Kier molecular flexibility index (Phi) is 6.08. The molecular weight excluding hydrogens is 337 g/mol. The third-order valence-electron chi connectivity index (χ3n) is 5.16. The van der Waals surface area contributed by atoms with Crippen LogP contribution in [0.5, 0.6) is 5.75 Å². The van der Waals surface area contributed by atoms with Gasteiger partial charge in [-0.3, -0.25) is 0 Å². The number of rotatable bonds is 5. The molecule has 0 aliphatic rings. The SMILES string of the molecule is CCC(C)(Pc1ccccc1N(C)C)c1cc(C)cc(C(C)(C)C)c1O. The van der Waals surface area contributed by atoms with E-state index in [9.17, 15) is 5.11 Å². The van der Waals surface area contributed by atoms with Crippen molar-refractivity contribution in [2.45, 2.75) is 58.5 Å². The highest BCUT2D eigenvalue weighted by molar-refractivity contribution is 7.49. The predicted octanol–water partition coefficient (Wildman–Crippen LogP) is 5.69. The molecule has 26 heavy (non-hydrogen) atoms. The van der Waals surface area contributed by atoms with Gasteiger partial charge in [-0.05, 0) is 35.7 Å². The van der Waals surface area contributed by atoms with Crippen LogP contribution in [-0.4, -0.2) is 19.2 Å². The third kappa shape index (κ3) is 4.23. The molecule has 0 aliphatic carbocycles. The molecule has 0 saturated heterocycles. The Bertz CT molecular complexity index is 776. The summed E-state index contributed by atoms with van der Waals surface area (Å²) in [6.07, 6.45) is 0.980. The molecule has 0 bridgehead atoms. The predicted molar refractivity (Wildman–Crippen MR) is 118 cm³/mol. The number of aromatic hydroxyl groups is 1. The molecule has 1 N–H and O–H groups in total. The summed E-state index contributed by atoms with van der Waals surface area (Å²) in [7, 11) is 4.77. The lowest BCUT2D eigenvalue weighted by atomic mass is 9.82. The third-order valence-corrected chi connectivity index (χ3v) is 7.03. The van der Waals surface area contributed by atoms with E-state index in [1.165, 1.54) is 16.6 Å². The number of hydrogen-bond donors (Lipinski definition) is 1. The highest BCUT2D eigenvalue weighted by Gasteiger charge is 2.32. The molecule has 142 valence electrons. The van der Waals surface area contributed by atoms with E-state index in [1.54, 1.807) is 0 Å². The molecule has 2 rings (SSSR count). The molecule has 2 unspecified atom stereocenters. The van der Waals surface area contributed by atoms with Gasteiger partial charge < -0.3 is 10.0 Å². The smallest absolute Gasteiger partial charge is 0.123 e. The summed E-state index contributed by atoms with van der Waals surface area (Å²) < 4.78 is 0. The van der Waals surface area contributed by atoms with Crippen LogP contribution in [0.4, 0.5) is 5.69 Å². The summed E-state index contributed by atoms with van der Waals surface area (Å²) in [6, 6.07) is 12.9. The lowest BCUT2D eigenvalue weighted by molar-refractivity contribution is 0.430. The summed E-state index contributed by atoms with van der Waals surface area (Å²) in [4.78, 5) is 2.18. The highest BCUT2D eigenvalue weighted by atomic mass is 31.1. The standard InChI is InChI=1S/C23H34NOP/c1-9-23(6,26-20-13-11-10-12-19(20)24(7)8)18-15-16(2)14-17(21(18)25)22(3,4)5/h10-15,25-26H,9H2,1-8H3. The molecule has 2 aromatic rings. The second-order valence-electron chi connectivity index (χ2n) is 8.68. The summed E-state index contributed by atoms with van der Waals surface area (Å²) in [5, 5.41) is 12.4. The monoisotopic (exact) mass is 371 g/mol. The number of nitrogens with zero attached hydrogens (tertiary/aromatic N) is 1. The van der Waals surface area contributed by atoms with Gasteiger partial charge >= 0.3 is 0 Å². The van der Waals surface area contributed by atoms with Crippen LogP contribution in [0, 0.1) is 6.92 Å². The van der Waals surface area contributed by atoms with Crippen molar-refractivity contribution >= 4 is 19.6 Å². The van der Waals surface area contributed by atoms with Crippen molar-refractivity contribution in [2.24, 2.45) is 0 Å². The van der Waals surface area contributed by atoms with Gasteiger partial charge in [-0.2, -0.15) is 0 Å². The molecular formula is C23H34NOP. The average molecular weight is 372 g/mol. The van der Waals surface area contributed by atoms with Crippen LogP contribution in [0.25, 0.3) is 0 Å². The molecule has 3 heteroatoms. The van der Waals surface area contributed by atoms with Crippen LogP contribution < -0.4 is 10.2 Å². The fourth-order valence-corrected chi connectivity index (χ4v) is 5.09.